The summed E-state index contributed by atoms with van der Waals surface area (Å²) in [6.07, 6.45) is 51.4. The highest BCUT2D eigenvalue weighted by Crippen LogP contribution is 2.43. The highest BCUT2D eigenvalue weighted by Gasteiger charge is 2.27. The summed E-state index contributed by atoms with van der Waals surface area (Å²) in [6.45, 7) is 2.42. The lowest BCUT2D eigenvalue weighted by atomic mass is 10.0. The Morgan fingerprint density at radius 3 is 1.22 bits per heavy atom. The Hall–Kier alpha value is -1.55. The molecule has 0 aliphatic heterocycles. The Morgan fingerprint density at radius 2 is 0.825 bits per heavy atom. The Balaban J connectivity index is 4.13. The number of phosphoric ester groups is 1. The van der Waals surface area contributed by atoms with E-state index in [1.807, 2.05) is 0 Å². The van der Waals surface area contributed by atoms with E-state index in [1.54, 1.807) is 0 Å². The summed E-state index contributed by atoms with van der Waals surface area (Å²) in [5.74, 6) is -0.912. The van der Waals surface area contributed by atoms with Crippen LogP contribution in [0.2, 0.25) is 0 Å². The third kappa shape index (κ3) is 48.2. The van der Waals surface area contributed by atoms with Gasteiger partial charge in [-0.15, -0.1) is 0 Å². The van der Waals surface area contributed by atoms with Crippen molar-refractivity contribution >= 4 is 19.8 Å². The average molecular weight is 915 g/mol. The van der Waals surface area contributed by atoms with Crippen LogP contribution in [0.15, 0.2) is 24.3 Å². The molecule has 3 unspecified atom stereocenters. The molecule has 0 saturated heterocycles. The lowest BCUT2D eigenvalue weighted by molar-refractivity contribution is -0.161. The van der Waals surface area contributed by atoms with Crippen molar-refractivity contribution in [2.45, 2.75) is 270 Å². The van der Waals surface area contributed by atoms with Gasteiger partial charge >= 0.3 is 19.8 Å². The van der Waals surface area contributed by atoms with Gasteiger partial charge in [-0.1, -0.05) is 224 Å². The van der Waals surface area contributed by atoms with Gasteiger partial charge in [0.25, 0.3) is 0 Å². The number of unbranched alkanes of at least 4 members (excludes halogenated alkanes) is 32. The number of ether oxygens (including phenoxy) is 2. The molecule has 0 fully saturated rings. The van der Waals surface area contributed by atoms with Crippen LogP contribution in [0.5, 0.6) is 0 Å². The third-order valence-electron chi connectivity index (χ3n) is 11.6. The Bertz CT molecular complexity index is 1100. The van der Waals surface area contributed by atoms with Crippen LogP contribution >= 0.6 is 7.82 Å². The van der Waals surface area contributed by atoms with E-state index in [2.05, 4.69) is 38.2 Å². The summed E-state index contributed by atoms with van der Waals surface area (Å²) in [5, 5.41) is 18.4. The number of allylic oxidation sites excluding steroid dienone is 4. The molecule has 0 radical (unpaired) electrons. The van der Waals surface area contributed by atoms with Gasteiger partial charge in [-0.25, -0.2) is 4.57 Å². The van der Waals surface area contributed by atoms with Crippen LogP contribution in [0.3, 0.4) is 0 Å². The highest BCUT2D eigenvalue weighted by molar-refractivity contribution is 7.47. The number of phosphoric acid groups is 1. The van der Waals surface area contributed by atoms with E-state index in [1.165, 1.54) is 173 Å². The Kier molecular flexibility index (Phi) is 47.2. The van der Waals surface area contributed by atoms with Crippen molar-refractivity contribution in [1.29, 1.82) is 0 Å². The predicted molar refractivity (Wildman–Crippen MR) is 261 cm³/mol. The fraction of sp³-hybridized carbons (Fsp3) is 0.885. The minimum absolute atomic E-state index is 0.185. The molecule has 0 spiro atoms. The molecule has 0 amide bonds. The molecular weight excluding hydrogens is 816 g/mol. The molecule has 372 valence electrons. The van der Waals surface area contributed by atoms with Crippen molar-refractivity contribution < 1.29 is 47.8 Å². The van der Waals surface area contributed by atoms with Crippen molar-refractivity contribution in [3.63, 3.8) is 0 Å². The molecule has 0 rings (SSSR count). The molecule has 3 atom stereocenters. The van der Waals surface area contributed by atoms with Crippen molar-refractivity contribution in [1.82, 2.24) is 0 Å². The third-order valence-corrected chi connectivity index (χ3v) is 12.6. The maximum absolute atomic E-state index is 12.7. The van der Waals surface area contributed by atoms with E-state index in [9.17, 15) is 24.2 Å². The maximum atomic E-state index is 12.7. The first-order chi connectivity index (χ1) is 30.7. The van der Waals surface area contributed by atoms with E-state index in [-0.39, 0.29) is 19.4 Å². The monoisotopic (exact) mass is 915 g/mol. The molecule has 11 heteroatoms. The topological polar surface area (TPSA) is 149 Å². The van der Waals surface area contributed by atoms with Gasteiger partial charge in [0.1, 0.15) is 12.7 Å². The number of rotatable bonds is 50. The van der Waals surface area contributed by atoms with Crippen molar-refractivity contribution in [3.8, 4) is 0 Å². The summed E-state index contributed by atoms with van der Waals surface area (Å²) in [5.41, 5.74) is 0. The van der Waals surface area contributed by atoms with Gasteiger partial charge in [0.05, 0.1) is 19.8 Å². The smallest absolute Gasteiger partial charge is 0.462 e. The molecule has 0 aromatic carbocycles. The highest BCUT2D eigenvalue weighted by atomic mass is 31.2. The van der Waals surface area contributed by atoms with Gasteiger partial charge in [-0.05, 0) is 44.9 Å². The van der Waals surface area contributed by atoms with Crippen LogP contribution < -0.4 is 0 Å². The zero-order chi connectivity index (χ0) is 46.2. The van der Waals surface area contributed by atoms with Gasteiger partial charge in [0, 0.05) is 12.8 Å². The van der Waals surface area contributed by atoms with Crippen molar-refractivity contribution in [2.24, 2.45) is 0 Å². The van der Waals surface area contributed by atoms with Crippen LogP contribution in [0, 0.1) is 0 Å². The summed E-state index contributed by atoms with van der Waals surface area (Å²) in [4.78, 5) is 35.2. The number of aliphatic hydroxyl groups excluding tert-OH is 2. The van der Waals surface area contributed by atoms with E-state index < -0.39 is 51.8 Å². The molecule has 0 saturated carbocycles. The minimum atomic E-state index is -4.62. The van der Waals surface area contributed by atoms with E-state index >= 15 is 0 Å². The standard InChI is InChI=1S/C52H99O10P/c1-3-5-7-9-11-13-15-17-19-21-22-23-24-25-26-28-30-32-34-36-38-40-42-44-52(56)62-50(48-61-63(57,58)60-46-49(54)45-53)47-59-51(55)43-41-39-37-35-33-31-29-27-20-18-16-14-12-10-8-6-4-2/h15,17,21-22,49-50,53-54H,3-14,16,18-20,23-48H2,1-2H3,(H,57,58)/b17-15-,22-21-. The maximum Gasteiger partial charge on any atom is 0.472 e. The van der Waals surface area contributed by atoms with Crippen LogP contribution in [-0.2, 0) is 32.7 Å². The molecule has 0 aliphatic rings. The first kappa shape index (κ1) is 61.5. The predicted octanol–water partition coefficient (Wildman–Crippen LogP) is 14.9. The van der Waals surface area contributed by atoms with Crippen LogP contribution in [-0.4, -0.2) is 65.7 Å². The molecular formula is C52H99O10P. The Morgan fingerprint density at radius 1 is 0.476 bits per heavy atom. The van der Waals surface area contributed by atoms with Gasteiger partial charge in [0.15, 0.2) is 6.10 Å². The summed E-state index contributed by atoms with van der Waals surface area (Å²) >= 11 is 0. The van der Waals surface area contributed by atoms with Crippen LogP contribution in [0.1, 0.15) is 258 Å². The second kappa shape index (κ2) is 48.4. The van der Waals surface area contributed by atoms with E-state index in [4.69, 9.17) is 23.6 Å². The van der Waals surface area contributed by atoms with E-state index in [0.29, 0.717) is 12.8 Å². The number of carbonyl (C=O) groups is 2. The number of esters is 2. The molecule has 63 heavy (non-hydrogen) atoms. The minimum Gasteiger partial charge on any atom is -0.462 e. The average Bonchev–Trinajstić information content (AvgIpc) is 3.27. The molecule has 0 aromatic rings. The van der Waals surface area contributed by atoms with Crippen molar-refractivity contribution in [3.05, 3.63) is 24.3 Å². The Labute approximate surface area is 387 Å². The molecule has 0 aromatic heterocycles. The normalized spacial score (nSPS) is 13.8. The van der Waals surface area contributed by atoms with Gasteiger partial charge < -0.3 is 24.6 Å². The van der Waals surface area contributed by atoms with Crippen LogP contribution in [0.4, 0.5) is 0 Å². The first-order valence-electron chi connectivity index (χ1n) is 26.3. The SMILES string of the molecule is CCCCCCC/C=C\C/C=C\CCCCCCCCCCCCCC(=O)OC(COC(=O)CCCCCCCCCCCCCCCCCCC)COP(=O)(O)OCC(O)CO. The molecule has 0 bridgehead atoms. The van der Waals surface area contributed by atoms with Gasteiger partial charge in [-0.2, -0.15) is 0 Å². The first-order valence-corrected chi connectivity index (χ1v) is 27.8. The lowest BCUT2D eigenvalue weighted by Crippen LogP contribution is -2.29. The van der Waals surface area contributed by atoms with Crippen molar-refractivity contribution in [2.75, 3.05) is 26.4 Å². The number of hydrogen-bond donors (Lipinski definition) is 3. The second-order valence-electron chi connectivity index (χ2n) is 17.9. The number of carbonyl (C=O) groups excluding carboxylic acids is 2. The summed E-state index contributed by atoms with van der Waals surface area (Å²) in [6, 6.07) is 0. The molecule has 0 heterocycles. The number of aliphatic hydroxyl groups is 2. The largest absolute Gasteiger partial charge is 0.472 e. The molecule has 10 nitrogen and oxygen atoms in total. The van der Waals surface area contributed by atoms with E-state index in [0.717, 1.165) is 44.9 Å². The number of hydrogen-bond acceptors (Lipinski definition) is 9. The quantitative estimate of drug-likeness (QED) is 0.0233. The second-order valence-corrected chi connectivity index (χ2v) is 19.4. The zero-order valence-corrected chi connectivity index (χ0v) is 41.7. The summed E-state index contributed by atoms with van der Waals surface area (Å²) < 4.78 is 32.9. The fourth-order valence-corrected chi connectivity index (χ4v) is 8.35. The lowest BCUT2D eigenvalue weighted by Gasteiger charge is -2.20. The van der Waals surface area contributed by atoms with Gasteiger partial charge in [-0.3, -0.25) is 18.6 Å². The summed E-state index contributed by atoms with van der Waals surface area (Å²) in [7, 11) is -4.62. The zero-order valence-electron chi connectivity index (χ0n) is 40.8. The molecule has 0 aliphatic carbocycles. The fourth-order valence-electron chi connectivity index (χ4n) is 7.56. The van der Waals surface area contributed by atoms with Crippen LogP contribution in [0.25, 0.3) is 0 Å². The van der Waals surface area contributed by atoms with Gasteiger partial charge in [0.2, 0.25) is 0 Å². The molecule has 3 N–H and O–H groups in total.